The van der Waals surface area contributed by atoms with Crippen molar-refractivity contribution in [3.05, 3.63) is 0 Å². The fraction of sp³-hybridized carbons (Fsp3) is 0.923. The van der Waals surface area contributed by atoms with E-state index in [-0.39, 0.29) is 12.1 Å². The topological polar surface area (TPSA) is 41.6 Å². The van der Waals surface area contributed by atoms with Crippen molar-refractivity contribution in [2.24, 2.45) is 0 Å². The van der Waals surface area contributed by atoms with Crippen LogP contribution in [0.15, 0.2) is 0 Å². The van der Waals surface area contributed by atoms with Crippen molar-refractivity contribution in [1.82, 2.24) is 10.2 Å². The maximum atomic E-state index is 11.6. The van der Waals surface area contributed by atoms with E-state index < -0.39 is 5.60 Å². The van der Waals surface area contributed by atoms with Crippen LogP contribution in [0.25, 0.3) is 0 Å². The highest BCUT2D eigenvalue weighted by Gasteiger charge is 2.28. The van der Waals surface area contributed by atoms with Crippen molar-refractivity contribution in [2.45, 2.75) is 64.6 Å². The lowest BCUT2D eigenvalue weighted by molar-refractivity contribution is 0.0492. The Bertz CT molecular complexity index is 257. The number of carbonyl (C=O) groups is 1. The zero-order valence-corrected chi connectivity index (χ0v) is 11.7. The van der Waals surface area contributed by atoms with Crippen LogP contribution in [0, 0.1) is 0 Å². The molecule has 4 heteroatoms. The normalized spacial score (nSPS) is 18.0. The summed E-state index contributed by atoms with van der Waals surface area (Å²) < 4.78 is 5.26. The van der Waals surface area contributed by atoms with Gasteiger partial charge in [-0.1, -0.05) is 6.92 Å². The van der Waals surface area contributed by atoms with E-state index >= 15 is 0 Å². The van der Waals surface area contributed by atoms with E-state index in [9.17, 15) is 4.79 Å². The number of likely N-dealkylation sites (N-methyl/N-ethyl adjacent to an activating group) is 1. The lowest BCUT2D eigenvalue weighted by atomic mass is 10.2. The van der Waals surface area contributed by atoms with E-state index in [4.69, 9.17) is 4.74 Å². The van der Waals surface area contributed by atoms with Crippen molar-refractivity contribution in [3.63, 3.8) is 0 Å². The zero-order valence-electron chi connectivity index (χ0n) is 11.7. The van der Waals surface area contributed by atoms with Crippen LogP contribution in [0.3, 0.4) is 0 Å². The largest absolute Gasteiger partial charge is 0.444 e. The lowest BCUT2D eigenvalue weighted by Gasteiger charge is -2.26. The highest BCUT2D eigenvalue weighted by Crippen LogP contribution is 2.25. The molecule has 1 unspecified atom stereocenters. The van der Waals surface area contributed by atoms with Gasteiger partial charge in [-0.3, -0.25) is 0 Å². The molecule has 0 aromatic carbocycles. The Balaban J connectivity index is 2.32. The van der Waals surface area contributed by atoms with Crippen LogP contribution in [0.5, 0.6) is 0 Å². The summed E-state index contributed by atoms with van der Waals surface area (Å²) in [6, 6.07) is 0.903. The first-order valence-corrected chi connectivity index (χ1v) is 6.51. The van der Waals surface area contributed by atoms with Crippen molar-refractivity contribution < 1.29 is 9.53 Å². The van der Waals surface area contributed by atoms with Crippen molar-refractivity contribution in [2.75, 3.05) is 13.6 Å². The molecule has 0 aromatic rings. The number of amides is 1. The molecule has 1 N–H and O–H groups in total. The summed E-state index contributed by atoms with van der Waals surface area (Å²) in [5, 5.41) is 2.93. The molecule has 1 aliphatic carbocycles. The van der Waals surface area contributed by atoms with Gasteiger partial charge in [-0.05, 0) is 47.1 Å². The van der Waals surface area contributed by atoms with Gasteiger partial charge in [0.2, 0.25) is 0 Å². The summed E-state index contributed by atoms with van der Waals surface area (Å²) in [4.78, 5) is 14.0. The molecule has 0 bridgehead atoms. The fourth-order valence-electron chi connectivity index (χ4n) is 1.76. The second-order valence-electron chi connectivity index (χ2n) is 5.92. The Kier molecular flexibility index (Phi) is 4.80. The predicted octanol–water partition coefficient (Wildman–Crippen LogP) is 2.38. The van der Waals surface area contributed by atoms with Crippen LogP contribution in [0.4, 0.5) is 4.79 Å². The summed E-state index contributed by atoms with van der Waals surface area (Å²) in [6.07, 6.45) is 3.20. The molecule has 1 fully saturated rings. The van der Waals surface area contributed by atoms with E-state index in [1.165, 1.54) is 12.8 Å². The van der Waals surface area contributed by atoms with Crippen LogP contribution in [0.1, 0.15) is 47.0 Å². The van der Waals surface area contributed by atoms with E-state index in [1.807, 2.05) is 20.8 Å². The van der Waals surface area contributed by atoms with Gasteiger partial charge in [-0.25, -0.2) is 4.79 Å². The van der Waals surface area contributed by atoms with Crippen LogP contribution in [0.2, 0.25) is 0 Å². The maximum absolute atomic E-state index is 11.6. The van der Waals surface area contributed by atoms with Crippen LogP contribution < -0.4 is 5.32 Å². The summed E-state index contributed by atoms with van der Waals surface area (Å²) in [7, 11) is 2.12. The van der Waals surface area contributed by atoms with Gasteiger partial charge in [0.25, 0.3) is 0 Å². The molecule has 0 aromatic heterocycles. The third kappa shape index (κ3) is 5.91. The van der Waals surface area contributed by atoms with Gasteiger partial charge in [0, 0.05) is 18.6 Å². The van der Waals surface area contributed by atoms with E-state index in [0.29, 0.717) is 0 Å². The molecule has 4 nitrogen and oxygen atoms in total. The molecule has 100 valence electrons. The molecule has 1 saturated carbocycles. The number of rotatable bonds is 5. The third-order valence-corrected chi connectivity index (χ3v) is 2.89. The zero-order chi connectivity index (χ0) is 13.1. The quantitative estimate of drug-likeness (QED) is 0.805. The molecule has 0 radical (unpaired) electrons. The molecule has 0 spiro atoms. The summed E-state index contributed by atoms with van der Waals surface area (Å²) in [6.45, 7) is 8.63. The molecular weight excluding hydrogens is 216 g/mol. The Morgan fingerprint density at radius 1 is 1.47 bits per heavy atom. The first kappa shape index (κ1) is 14.3. The first-order valence-electron chi connectivity index (χ1n) is 6.51. The van der Waals surface area contributed by atoms with Gasteiger partial charge in [-0.2, -0.15) is 0 Å². The number of carbonyl (C=O) groups excluding carboxylic acids is 1. The molecule has 1 aliphatic rings. The minimum absolute atomic E-state index is 0.176. The van der Waals surface area contributed by atoms with Gasteiger partial charge in [0.1, 0.15) is 5.60 Å². The van der Waals surface area contributed by atoms with Gasteiger partial charge in [0.05, 0.1) is 0 Å². The van der Waals surface area contributed by atoms with E-state index in [0.717, 1.165) is 19.0 Å². The number of ether oxygens (including phenoxy) is 1. The van der Waals surface area contributed by atoms with Gasteiger partial charge < -0.3 is 15.0 Å². The molecule has 1 rings (SSSR count). The first-order chi connectivity index (χ1) is 7.81. The van der Waals surface area contributed by atoms with Crippen molar-refractivity contribution >= 4 is 6.09 Å². The molecule has 1 amide bonds. The van der Waals surface area contributed by atoms with Gasteiger partial charge >= 0.3 is 6.09 Å². The van der Waals surface area contributed by atoms with Gasteiger partial charge in [-0.15, -0.1) is 0 Å². The van der Waals surface area contributed by atoms with Crippen LogP contribution in [-0.4, -0.2) is 42.3 Å². The Morgan fingerprint density at radius 2 is 2.06 bits per heavy atom. The second-order valence-corrected chi connectivity index (χ2v) is 5.92. The maximum Gasteiger partial charge on any atom is 0.407 e. The monoisotopic (exact) mass is 242 g/mol. The Morgan fingerprint density at radius 3 is 2.47 bits per heavy atom. The average molecular weight is 242 g/mol. The number of hydrogen-bond acceptors (Lipinski definition) is 3. The number of nitrogens with zero attached hydrogens (tertiary/aromatic N) is 1. The number of nitrogens with one attached hydrogen (secondary N) is 1. The summed E-state index contributed by atoms with van der Waals surface area (Å²) in [5.41, 5.74) is -0.426. The van der Waals surface area contributed by atoms with Crippen LogP contribution in [-0.2, 0) is 4.74 Å². The molecule has 17 heavy (non-hydrogen) atoms. The lowest BCUT2D eigenvalue weighted by Crippen LogP contribution is -2.44. The highest BCUT2D eigenvalue weighted by atomic mass is 16.6. The van der Waals surface area contributed by atoms with E-state index in [1.54, 1.807) is 0 Å². The van der Waals surface area contributed by atoms with Crippen molar-refractivity contribution in [3.8, 4) is 0 Å². The number of hydrogen-bond donors (Lipinski definition) is 1. The third-order valence-electron chi connectivity index (χ3n) is 2.89. The van der Waals surface area contributed by atoms with E-state index in [2.05, 4.69) is 24.2 Å². The Labute approximate surface area is 105 Å². The molecule has 0 heterocycles. The average Bonchev–Trinajstić information content (AvgIpc) is 2.96. The predicted molar refractivity (Wildman–Crippen MR) is 69.1 cm³/mol. The minimum Gasteiger partial charge on any atom is -0.444 e. The smallest absolute Gasteiger partial charge is 0.407 e. The highest BCUT2D eigenvalue weighted by molar-refractivity contribution is 5.68. The standard InChI is InChI=1S/C13H26N2O2/c1-6-10(9-15(5)11-7-8-11)14-12(16)17-13(2,3)4/h10-11H,6-9H2,1-5H3,(H,14,16). The molecule has 0 aliphatic heterocycles. The van der Waals surface area contributed by atoms with Crippen LogP contribution >= 0.6 is 0 Å². The summed E-state index contributed by atoms with van der Waals surface area (Å²) >= 11 is 0. The molecule has 0 saturated heterocycles. The number of alkyl carbamates (subject to hydrolysis) is 1. The Hall–Kier alpha value is -0.770. The van der Waals surface area contributed by atoms with Crippen molar-refractivity contribution in [1.29, 1.82) is 0 Å². The SMILES string of the molecule is CCC(CN(C)C1CC1)NC(=O)OC(C)(C)C. The second kappa shape index (κ2) is 5.71. The minimum atomic E-state index is -0.426. The molecular formula is C13H26N2O2. The fourth-order valence-corrected chi connectivity index (χ4v) is 1.76. The molecule has 1 atom stereocenters. The van der Waals surface area contributed by atoms with Gasteiger partial charge in [0.15, 0.2) is 0 Å². The summed E-state index contributed by atoms with van der Waals surface area (Å²) in [5.74, 6) is 0.